The number of rotatable bonds is 2. The molecule has 0 aromatic rings. The Kier molecular flexibility index (Phi) is 4.24. The molecule has 0 bridgehead atoms. The average molecular weight is 355 g/mol. The second-order valence-corrected chi connectivity index (χ2v) is 11.9. The smallest absolute Gasteiger partial charge is 0.0326 e. The van der Waals surface area contributed by atoms with Gasteiger partial charge in [-0.25, -0.2) is 0 Å². The lowest BCUT2D eigenvalue weighted by Crippen LogP contribution is -2.46. The zero-order valence-electron chi connectivity index (χ0n) is 17.3. The Balaban J connectivity index is 1.24. The summed E-state index contributed by atoms with van der Waals surface area (Å²) in [5, 5.41) is 0. The topological polar surface area (TPSA) is 0 Å². The molecular formula is C26H42. The zero-order valence-corrected chi connectivity index (χ0v) is 17.3. The van der Waals surface area contributed by atoms with Crippen molar-refractivity contribution in [3.8, 4) is 0 Å². The first kappa shape index (κ1) is 16.9. The molecule has 10 atom stereocenters. The lowest BCUT2D eigenvalue weighted by Gasteiger charge is -2.53. The third-order valence-electron chi connectivity index (χ3n) is 11.4. The lowest BCUT2D eigenvalue weighted by atomic mass is 9.52. The van der Waals surface area contributed by atoms with E-state index in [1.807, 2.05) is 0 Å². The van der Waals surface area contributed by atoms with Crippen molar-refractivity contribution >= 4 is 0 Å². The molecule has 6 aliphatic rings. The van der Waals surface area contributed by atoms with E-state index < -0.39 is 0 Å². The van der Waals surface area contributed by atoms with Crippen LogP contribution in [0, 0.1) is 65.1 Å². The summed E-state index contributed by atoms with van der Waals surface area (Å²) in [5.74, 6) is 12.5. The van der Waals surface area contributed by atoms with Gasteiger partial charge >= 0.3 is 0 Å². The second kappa shape index (κ2) is 6.52. The van der Waals surface area contributed by atoms with Gasteiger partial charge in [0.15, 0.2) is 0 Å². The van der Waals surface area contributed by atoms with E-state index in [1.165, 1.54) is 11.8 Å². The van der Waals surface area contributed by atoms with Gasteiger partial charge in [-0.15, -0.1) is 0 Å². The van der Waals surface area contributed by atoms with Crippen molar-refractivity contribution in [3.05, 3.63) is 0 Å². The number of hydrogen-bond donors (Lipinski definition) is 0. The second-order valence-electron chi connectivity index (χ2n) is 11.9. The van der Waals surface area contributed by atoms with E-state index in [1.54, 1.807) is 89.9 Å². The van der Waals surface area contributed by atoms with Gasteiger partial charge in [0, 0.05) is 0 Å². The molecule has 0 N–H and O–H groups in total. The van der Waals surface area contributed by atoms with Gasteiger partial charge in [-0.2, -0.15) is 0 Å². The van der Waals surface area contributed by atoms with Crippen molar-refractivity contribution in [2.24, 2.45) is 65.1 Å². The summed E-state index contributed by atoms with van der Waals surface area (Å²) in [6.45, 7) is 2.76. The molecule has 6 saturated carbocycles. The van der Waals surface area contributed by atoms with Crippen molar-refractivity contribution in [2.75, 3.05) is 0 Å². The molecule has 0 saturated heterocycles. The number of hydrogen-bond acceptors (Lipinski definition) is 0. The molecule has 10 unspecified atom stereocenters. The van der Waals surface area contributed by atoms with Crippen LogP contribution in [0.1, 0.15) is 96.8 Å². The molecule has 0 nitrogen and oxygen atoms in total. The molecule has 0 radical (unpaired) electrons. The molecule has 0 spiro atoms. The highest BCUT2D eigenvalue weighted by molar-refractivity contribution is 5.03. The maximum absolute atomic E-state index is 2.76. The minimum absolute atomic E-state index is 1.05. The third kappa shape index (κ3) is 2.45. The quantitative estimate of drug-likeness (QED) is 0.487. The van der Waals surface area contributed by atoms with E-state index in [2.05, 4.69) is 6.92 Å². The highest BCUT2D eigenvalue weighted by Crippen LogP contribution is 2.62. The summed E-state index contributed by atoms with van der Waals surface area (Å²) in [4.78, 5) is 0. The summed E-state index contributed by atoms with van der Waals surface area (Å²) in [6.07, 6.45) is 22.4. The van der Waals surface area contributed by atoms with Crippen LogP contribution >= 0.6 is 0 Å². The van der Waals surface area contributed by atoms with Crippen LogP contribution in [-0.4, -0.2) is 0 Å². The summed E-state index contributed by atoms with van der Waals surface area (Å²) in [6, 6.07) is 0. The predicted octanol–water partition coefficient (Wildman–Crippen LogP) is 7.33. The standard InChI is InChI=1S/C26H42/c1-16(21-14-12-19-10-8-17-4-2-6-23(21)25(17)19)22-15-13-20-11-9-18-5-3-7-24(22)26(18)20/h16-26H,2-15H2,1H3. The van der Waals surface area contributed by atoms with Crippen molar-refractivity contribution in [3.63, 3.8) is 0 Å². The molecular weight excluding hydrogens is 312 g/mol. The highest BCUT2D eigenvalue weighted by atomic mass is 14.6. The lowest BCUT2D eigenvalue weighted by molar-refractivity contribution is -0.0413. The monoisotopic (exact) mass is 354 g/mol. The van der Waals surface area contributed by atoms with Crippen LogP contribution in [0.15, 0.2) is 0 Å². The maximum atomic E-state index is 2.76. The van der Waals surface area contributed by atoms with Crippen LogP contribution < -0.4 is 0 Å². The first-order valence-corrected chi connectivity index (χ1v) is 12.8. The van der Waals surface area contributed by atoms with Crippen molar-refractivity contribution in [1.29, 1.82) is 0 Å². The molecule has 0 amide bonds. The van der Waals surface area contributed by atoms with Gasteiger partial charge < -0.3 is 0 Å². The van der Waals surface area contributed by atoms with Gasteiger partial charge in [0.1, 0.15) is 0 Å². The molecule has 26 heavy (non-hydrogen) atoms. The van der Waals surface area contributed by atoms with Crippen molar-refractivity contribution < 1.29 is 0 Å². The highest BCUT2D eigenvalue weighted by Gasteiger charge is 2.53. The molecule has 146 valence electrons. The largest absolute Gasteiger partial charge is 0.0620 e. The van der Waals surface area contributed by atoms with Gasteiger partial charge in [0.05, 0.1) is 0 Å². The first-order valence-electron chi connectivity index (χ1n) is 12.8. The fraction of sp³-hybridized carbons (Fsp3) is 1.00. The predicted molar refractivity (Wildman–Crippen MR) is 109 cm³/mol. The molecule has 0 aromatic carbocycles. The van der Waals surface area contributed by atoms with Gasteiger partial charge in [0.25, 0.3) is 0 Å². The Hall–Kier alpha value is 0. The van der Waals surface area contributed by atoms with Gasteiger partial charge in [-0.1, -0.05) is 32.6 Å². The van der Waals surface area contributed by atoms with Gasteiger partial charge in [-0.05, 0) is 129 Å². The first-order chi connectivity index (χ1) is 12.8. The van der Waals surface area contributed by atoms with E-state index in [-0.39, 0.29) is 0 Å². The molecule has 0 aliphatic heterocycles. The average Bonchev–Trinajstić information content (AvgIpc) is 3.29. The summed E-state index contributed by atoms with van der Waals surface area (Å²) in [5.41, 5.74) is 0. The fourth-order valence-corrected chi connectivity index (χ4v) is 10.6. The van der Waals surface area contributed by atoms with E-state index in [0.29, 0.717) is 0 Å². The molecule has 0 heteroatoms. The summed E-state index contributed by atoms with van der Waals surface area (Å²) in [7, 11) is 0. The Morgan fingerprint density at radius 1 is 0.462 bits per heavy atom. The molecule has 0 heterocycles. The Bertz CT molecular complexity index is 464. The van der Waals surface area contributed by atoms with Gasteiger partial charge in [-0.3, -0.25) is 0 Å². The van der Waals surface area contributed by atoms with Crippen LogP contribution in [0.3, 0.4) is 0 Å². The van der Waals surface area contributed by atoms with E-state index in [9.17, 15) is 0 Å². The van der Waals surface area contributed by atoms with Crippen LogP contribution in [0.25, 0.3) is 0 Å². The molecule has 6 aliphatic carbocycles. The minimum atomic E-state index is 1.05. The van der Waals surface area contributed by atoms with E-state index in [4.69, 9.17) is 0 Å². The molecule has 6 rings (SSSR count). The third-order valence-corrected chi connectivity index (χ3v) is 11.4. The molecule has 0 aromatic heterocycles. The van der Waals surface area contributed by atoms with Crippen molar-refractivity contribution in [2.45, 2.75) is 96.8 Å². The molecule has 6 fully saturated rings. The van der Waals surface area contributed by atoms with E-state index in [0.717, 1.165) is 53.3 Å². The Morgan fingerprint density at radius 3 is 1.31 bits per heavy atom. The SMILES string of the molecule is CC(C1CCC2CCC3CCCC1C32)C1CCC2CCC3CCCC1C32. The fourth-order valence-electron chi connectivity index (χ4n) is 10.6. The summed E-state index contributed by atoms with van der Waals surface area (Å²) < 4.78 is 0. The van der Waals surface area contributed by atoms with E-state index >= 15 is 0 Å². The van der Waals surface area contributed by atoms with Crippen LogP contribution in [-0.2, 0) is 0 Å². The van der Waals surface area contributed by atoms with Gasteiger partial charge in [0.2, 0.25) is 0 Å². The minimum Gasteiger partial charge on any atom is -0.0620 e. The normalized spacial score (nSPS) is 56.7. The van der Waals surface area contributed by atoms with Crippen LogP contribution in [0.4, 0.5) is 0 Å². The van der Waals surface area contributed by atoms with Crippen molar-refractivity contribution in [1.82, 2.24) is 0 Å². The maximum Gasteiger partial charge on any atom is -0.0326 e. The van der Waals surface area contributed by atoms with Crippen LogP contribution in [0.5, 0.6) is 0 Å². The Morgan fingerprint density at radius 2 is 0.846 bits per heavy atom. The van der Waals surface area contributed by atoms with Crippen LogP contribution in [0.2, 0.25) is 0 Å². The Labute approximate surface area is 162 Å². The zero-order chi connectivity index (χ0) is 17.3. The summed E-state index contributed by atoms with van der Waals surface area (Å²) >= 11 is 0.